The number of carboxylic acids is 1. The fourth-order valence-electron chi connectivity index (χ4n) is 7.20. The fraction of sp³-hybridized carbons (Fsp3) is 0.361. The Hall–Kier alpha value is -4.57. The number of hydrogen-bond acceptors (Lipinski definition) is 7. The molecular formula is C36H38N6O3S. The number of carboxylic acid groups (broad SMARTS) is 1. The first kappa shape index (κ1) is 30.1. The molecule has 0 unspecified atom stereocenters. The molecule has 1 saturated carbocycles. The van der Waals surface area contributed by atoms with Gasteiger partial charge in [0.15, 0.2) is 10.8 Å². The molecule has 0 bridgehead atoms. The number of pyridine rings is 1. The van der Waals surface area contributed by atoms with E-state index in [0.29, 0.717) is 41.6 Å². The molecule has 7 rings (SSSR count). The number of nitrogens with zero attached hydrogens (tertiary/aromatic N) is 5. The first-order chi connectivity index (χ1) is 22.3. The molecule has 1 aliphatic heterocycles. The Bertz CT molecular complexity index is 1910. The van der Waals surface area contributed by atoms with Crippen molar-refractivity contribution in [2.24, 2.45) is 5.41 Å². The highest BCUT2D eigenvalue weighted by atomic mass is 32.1. The zero-order valence-electron chi connectivity index (χ0n) is 26.3. The predicted octanol–water partition coefficient (Wildman–Crippen LogP) is 7.74. The van der Waals surface area contributed by atoms with E-state index in [1.165, 1.54) is 43.4 Å². The lowest BCUT2D eigenvalue weighted by atomic mass is 9.72. The molecule has 2 N–H and O–H groups in total. The van der Waals surface area contributed by atoms with Crippen LogP contribution in [0, 0.1) is 12.3 Å². The zero-order chi connectivity index (χ0) is 31.8. The minimum atomic E-state index is -1.07. The largest absolute Gasteiger partial charge is 0.476 e. The topological polar surface area (TPSA) is 113 Å². The summed E-state index contributed by atoms with van der Waals surface area (Å²) in [6.45, 7) is 6.26. The van der Waals surface area contributed by atoms with Crippen molar-refractivity contribution in [3.05, 3.63) is 88.9 Å². The molecule has 2 aliphatic rings. The van der Waals surface area contributed by atoms with Gasteiger partial charge >= 0.3 is 5.97 Å². The first-order valence-corrected chi connectivity index (χ1v) is 17.0. The number of thiazole rings is 1. The van der Waals surface area contributed by atoms with Gasteiger partial charge in [-0.2, -0.15) is 5.10 Å². The number of amides is 1. The maximum Gasteiger partial charge on any atom is 0.355 e. The second-order valence-electron chi connectivity index (χ2n) is 12.6. The van der Waals surface area contributed by atoms with E-state index < -0.39 is 5.97 Å². The molecule has 1 aliphatic carbocycles. The Morgan fingerprint density at radius 2 is 1.83 bits per heavy atom. The summed E-state index contributed by atoms with van der Waals surface area (Å²) in [6, 6.07) is 17.4. The maximum atomic E-state index is 13.5. The zero-order valence-corrected chi connectivity index (χ0v) is 27.1. The van der Waals surface area contributed by atoms with Crippen molar-refractivity contribution in [1.82, 2.24) is 19.7 Å². The monoisotopic (exact) mass is 634 g/mol. The summed E-state index contributed by atoms with van der Waals surface area (Å²) in [5.74, 6) is -0.710. The highest BCUT2D eigenvalue weighted by molar-refractivity contribution is 7.22. The van der Waals surface area contributed by atoms with Crippen LogP contribution in [-0.2, 0) is 19.5 Å². The fourth-order valence-corrected chi connectivity index (χ4v) is 8.06. The van der Waals surface area contributed by atoms with Gasteiger partial charge in [-0.1, -0.05) is 61.8 Å². The summed E-state index contributed by atoms with van der Waals surface area (Å²) >= 11 is 1.45. The van der Waals surface area contributed by atoms with E-state index in [-0.39, 0.29) is 17.0 Å². The van der Waals surface area contributed by atoms with Gasteiger partial charge in [-0.05, 0) is 79.5 Å². The Balaban J connectivity index is 1.14. The van der Waals surface area contributed by atoms with Crippen LogP contribution in [0.15, 0.2) is 60.8 Å². The Morgan fingerprint density at radius 3 is 2.61 bits per heavy atom. The van der Waals surface area contributed by atoms with E-state index >= 15 is 0 Å². The molecule has 0 saturated heterocycles. The Kier molecular flexibility index (Phi) is 8.06. The van der Waals surface area contributed by atoms with Crippen LogP contribution >= 0.6 is 11.3 Å². The molecule has 4 heterocycles. The number of benzene rings is 2. The minimum Gasteiger partial charge on any atom is -0.476 e. The molecule has 0 atom stereocenters. The summed E-state index contributed by atoms with van der Waals surface area (Å²) in [6.07, 6.45) is 9.84. The third-order valence-electron chi connectivity index (χ3n) is 9.98. The van der Waals surface area contributed by atoms with E-state index in [4.69, 9.17) is 5.10 Å². The first-order valence-electron chi connectivity index (χ1n) is 16.1. The van der Waals surface area contributed by atoms with Crippen molar-refractivity contribution in [3.8, 4) is 11.1 Å². The Morgan fingerprint density at radius 1 is 1.00 bits per heavy atom. The number of carbonyl (C=O) groups is 2. The van der Waals surface area contributed by atoms with E-state index in [2.05, 4.69) is 37.9 Å². The number of anilines is 2. The lowest BCUT2D eigenvalue weighted by Crippen LogP contribution is -2.33. The average Bonchev–Trinajstić information content (AvgIpc) is 3.66. The van der Waals surface area contributed by atoms with Crippen LogP contribution in [-0.4, -0.2) is 43.3 Å². The molecule has 0 radical (unpaired) electrons. The van der Waals surface area contributed by atoms with Crippen molar-refractivity contribution < 1.29 is 14.7 Å². The van der Waals surface area contributed by atoms with E-state index in [9.17, 15) is 14.7 Å². The highest BCUT2D eigenvalue weighted by Gasteiger charge is 2.32. The molecule has 5 aromatic rings. The number of nitrogens with one attached hydrogen (secondary N) is 1. The second-order valence-corrected chi connectivity index (χ2v) is 13.7. The normalized spacial score (nSPS) is 15.9. The molecule has 1 fully saturated rings. The van der Waals surface area contributed by atoms with Crippen molar-refractivity contribution in [1.29, 1.82) is 0 Å². The van der Waals surface area contributed by atoms with Crippen molar-refractivity contribution in [2.45, 2.75) is 71.9 Å². The van der Waals surface area contributed by atoms with Gasteiger partial charge in [0.1, 0.15) is 5.82 Å². The standard InChI is InChI=1S/C36H38N6O3S/c1-3-36(17-7-4-8-18-36)22-42-23(2)27(20-37-42)25-14-15-31(39-32(25)34(44)45)41-19-16-24-10-9-11-26(28(24)21-41)33(43)40-35-38-29-12-5-6-13-30(29)46-35/h5-6,9-15,20H,3-4,7-8,16-19,21-22H2,1-2H3,(H,44,45)(H,38,40,43). The van der Waals surface area contributed by atoms with Crippen LogP contribution in [0.5, 0.6) is 0 Å². The number of aromatic carboxylic acids is 1. The predicted molar refractivity (Wildman–Crippen MR) is 182 cm³/mol. The number of hydrogen-bond donors (Lipinski definition) is 2. The van der Waals surface area contributed by atoms with E-state index in [1.807, 2.05) is 55.5 Å². The van der Waals surface area contributed by atoms with Gasteiger partial charge in [-0.15, -0.1) is 0 Å². The van der Waals surface area contributed by atoms with Crippen LogP contribution in [0.1, 0.15) is 83.1 Å². The van der Waals surface area contributed by atoms with Crippen molar-refractivity contribution >= 4 is 44.4 Å². The minimum absolute atomic E-state index is 0.00989. The third-order valence-corrected chi connectivity index (χ3v) is 10.9. The van der Waals surface area contributed by atoms with Crippen LogP contribution in [0.3, 0.4) is 0 Å². The molecule has 9 nitrogen and oxygen atoms in total. The lowest BCUT2D eigenvalue weighted by molar-refractivity contribution is 0.0691. The quantitative estimate of drug-likeness (QED) is 0.180. The summed E-state index contributed by atoms with van der Waals surface area (Å²) in [7, 11) is 0. The number of fused-ring (bicyclic) bond motifs is 2. The van der Waals surface area contributed by atoms with Crippen LogP contribution in [0.4, 0.5) is 10.9 Å². The number of para-hydroxylation sites is 1. The molecule has 10 heteroatoms. The summed E-state index contributed by atoms with van der Waals surface area (Å²) in [4.78, 5) is 37.4. The smallest absolute Gasteiger partial charge is 0.355 e. The van der Waals surface area contributed by atoms with Gasteiger partial charge in [-0.3, -0.25) is 14.8 Å². The van der Waals surface area contributed by atoms with Crippen LogP contribution < -0.4 is 10.2 Å². The summed E-state index contributed by atoms with van der Waals surface area (Å²) in [5, 5.41) is 18.6. The molecule has 0 spiro atoms. The maximum absolute atomic E-state index is 13.5. The van der Waals surface area contributed by atoms with Gasteiger partial charge < -0.3 is 10.0 Å². The third kappa shape index (κ3) is 5.66. The molecule has 46 heavy (non-hydrogen) atoms. The number of carbonyl (C=O) groups excluding carboxylic acids is 1. The van der Waals surface area contributed by atoms with Crippen LogP contribution in [0.25, 0.3) is 21.3 Å². The van der Waals surface area contributed by atoms with Crippen molar-refractivity contribution in [3.63, 3.8) is 0 Å². The highest BCUT2D eigenvalue weighted by Crippen LogP contribution is 2.41. The molecule has 1 amide bonds. The molecule has 2 aromatic carbocycles. The average molecular weight is 635 g/mol. The lowest BCUT2D eigenvalue weighted by Gasteiger charge is -2.36. The summed E-state index contributed by atoms with van der Waals surface area (Å²) < 4.78 is 3.08. The van der Waals surface area contributed by atoms with Gasteiger partial charge in [0.25, 0.3) is 5.91 Å². The second kappa shape index (κ2) is 12.3. The van der Waals surface area contributed by atoms with E-state index in [0.717, 1.165) is 45.6 Å². The number of rotatable bonds is 8. The molecular weight excluding hydrogens is 597 g/mol. The van der Waals surface area contributed by atoms with Gasteiger partial charge in [0.05, 0.1) is 16.4 Å². The summed E-state index contributed by atoms with van der Waals surface area (Å²) in [5.41, 5.74) is 6.06. The Labute approximate surface area is 272 Å². The van der Waals surface area contributed by atoms with Gasteiger partial charge in [0.2, 0.25) is 0 Å². The van der Waals surface area contributed by atoms with Crippen molar-refractivity contribution in [2.75, 3.05) is 16.8 Å². The van der Waals surface area contributed by atoms with Crippen LogP contribution in [0.2, 0.25) is 0 Å². The van der Waals surface area contributed by atoms with Gasteiger partial charge in [-0.25, -0.2) is 14.8 Å². The molecule has 236 valence electrons. The molecule has 3 aromatic heterocycles. The van der Waals surface area contributed by atoms with Gasteiger partial charge in [0, 0.05) is 42.0 Å². The van der Waals surface area contributed by atoms with E-state index in [1.54, 1.807) is 6.20 Å². The SMILES string of the molecule is CCC1(Cn2ncc(-c3ccc(N4CCc5cccc(C(=O)Nc6nc7ccccc7s6)c5C4)nc3C(=O)O)c2C)CCCCC1. The number of aromatic nitrogens is 4.